The smallest absolute Gasteiger partial charge is 0.231 e. The molecule has 0 amide bonds. The third-order valence-electron chi connectivity index (χ3n) is 5.14. The summed E-state index contributed by atoms with van der Waals surface area (Å²) in [6.07, 6.45) is 6.66. The average molecular weight is 361 g/mol. The first-order valence-corrected chi connectivity index (χ1v) is 9.71. The fraction of sp³-hybridized carbons (Fsp3) is 0.650. The van der Waals surface area contributed by atoms with Gasteiger partial charge in [-0.15, -0.1) is 0 Å². The summed E-state index contributed by atoms with van der Waals surface area (Å²) in [6.45, 7) is 6.79. The lowest BCUT2D eigenvalue weighted by molar-refractivity contribution is 0.174. The lowest BCUT2D eigenvalue weighted by Crippen LogP contribution is -2.37. The molecule has 0 saturated heterocycles. The minimum atomic E-state index is -0.0195. The topological polar surface area (TPSA) is 80.9 Å². The zero-order chi connectivity index (χ0) is 18.4. The van der Waals surface area contributed by atoms with Crippen LogP contribution < -0.4 is 25.8 Å². The van der Waals surface area contributed by atoms with Gasteiger partial charge in [0.2, 0.25) is 6.79 Å². The van der Waals surface area contributed by atoms with E-state index in [9.17, 15) is 0 Å². The first kappa shape index (κ1) is 18.8. The zero-order valence-corrected chi connectivity index (χ0v) is 16.0. The second-order valence-electron chi connectivity index (χ2n) is 8.11. The summed E-state index contributed by atoms with van der Waals surface area (Å²) in [5, 5.41) is 6.94. The predicted octanol–water partition coefficient (Wildman–Crippen LogP) is 3.34. The number of hydrogen-bond donors (Lipinski definition) is 3. The Bertz CT molecular complexity index is 624. The third-order valence-corrected chi connectivity index (χ3v) is 5.14. The quantitative estimate of drug-likeness (QED) is 0.535. The number of guanidine groups is 1. The molecule has 1 fully saturated rings. The van der Waals surface area contributed by atoms with Crippen LogP contribution in [-0.4, -0.2) is 32.4 Å². The highest BCUT2D eigenvalue weighted by molar-refractivity contribution is 5.94. The molecule has 0 bridgehead atoms. The molecule has 1 aromatic rings. The summed E-state index contributed by atoms with van der Waals surface area (Å²) in [7, 11) is 0. The molecule has 3 rings (SSSR count). The number of nitrogens with two attached hydrogens (primary N) is 1. The van der Waals surface area contributed by atoms with Crippen LogP contribution in [0.25, 0.3) is 0 Å². The standard InChI is InChI=1S/C20H32N4O2/c1-20(2,12-21)13-23-19(22-11-15-6-4-3-5-7-15)24-16-8-9-17-18(10-16)26-14-25-17/h8-10,15H,3-7,11-14,21H2,1-2H3,(H2,22,23,24). The van der Waals surface area contributed by atoms with Crippen molar-refractivity contribution in [1.29, 1.82) is 0 Å². The summed E-state index contributed by atoms with van der Waals surface area (Å²) in [5.74, 6) is 3.09. The van der Waals surface area contributed by atoms with Gasteiger partial charge in [0.05, 0.1) is 0 Å². The molecule has 2 aliphatic rings. The molecular weight excluding hydrogens is 328 g/mol. The van der Waals surface area contributed by atoms with E-state index in [0.717, 1.165) is 35.6 Å². The van der Waals surface area contributed by atoms with E-state index in [0.29, 0.717) is 13.1 Å². The highest BCUT2D eigenvalue weighted by atomic mass is 16.7. The summed E-state index contributed by atoms with van der Waals surface area (Å²) >= 11 is 0. The summed E-state index contributed by atoms with van der Waals surface area (Å²) in [5.41, 5.74) is 6.78. The molecule has 4 N–H and O–H groups in total. The molecule has 144 valence electrons. The van der Waals surface area contributed by atoms with Gasteiger partial charge in [0.1, 0.15) is 0 Å². The number of aliphatic imine (C=N–C) groups is 1. The highest BCUT2D eigenvalue weighted by Gasteiger charge is 2.18. The lowest BCUT2D eigenvalue weighted by atomic mass is 9.89. The second kappa shape index (κ2) is 8.62. The molecule has 1 aliphatic heterocycles. The SMILES string of the molecule is CC(C)(CN)CN=C(NCC1CCCCC1)Nc1ccc2c(c1)OCO2. The largest absolute Gasteiger partial charge is 0.454 e. The van der Waals surface area contributed by atoms with Gasteiger partial charge < -0.3 is 25.8 Å². The van der Waals surface area contributed by atoms with Crippen molar-refractivity contribution in [3.8, 4) is 11.5 Å². The fourth-order valence-electron chi connectivity index (χ4n) is 3.24. The second-order valence-corrected chi connectivity index (χ2v) is 8.11. The number of nitrogens with zero attached hydrogens (tertiary/aromatic N) is 1. The first-order valence-electron chi connectivity index (χ1n) is 9.71. The van der Waals surface area contributed by atoms with Crippen LogP contribution in [0.3, 0.4) is 0 Å². The molecule has 6 heteroatoms. The van der Waals surface area contributed by atoms with Crippen molar-refractivity contribution in [2.45, 2.75) is 46.0 Å². The number of anilines is 1. The Balaban J connectivity index is 1.66. The Morgan fingerprint density at radius 1 is 1.19 bits per heavy atom. The Labute approximate surface area is 156 Å². The van der Waals surface area contributed by atoms with E-state index >= 15 is 0 Å². The van der Waals surface area contributed by atoms with Crippen LogP contribution >= 0.6 is 0 Å². The number of benzene rings is 1. The van der Waals surface area contributed by atoms with Crippen LogP contribution in [0.15, 0.2) is 23.2 Å². The van der Waals surface area contributed by atoms with Gasteiger partial charge in [0.25, 0.3) is 0 Å². The molecule has 0 radical (unpaired) electrons. The van der Waals surface area contributed by atoms with Gasteiger partial charge in [0.15, 0.2) is 17.5 Å². The molecule has 6 nitrogen and oxygen atoms in total. The number of nitrogens with one attached hydrogen (secondary N) is 2. The molecule has 1 aliphatic carbocycles. The van der Waals surface area contributed by atoms with Crippen molar-refractivity contribution >= 4 is 11.6 Å². The molecule has 0 unspecified atom stereocenters. The maximum Gasteiger partial charge on any atom is 0.231 e. The van der Waals surface area contributed by atoms with Crippen molar-refractivity contribution in [1.82, 2.24) is 5.32 Å². The monoisotopic (exact) mass is 360 g/mol. The molecule has 0 aromatic heterocycles. The molecular formula is C20H32N4O2. The molecule has 0 spiro atoms. The van der Waals surface area contributed by atoms with E-state index in [1.807, 2.05) is 18.2 Å². The van der Waals surface area contributed by atoms with Crippen LogP contribution in [0, 0.1) is 11.3 Å². The van der Waals surface area contributed by atoms with Crippen LogP contribution in [0.2, 0.25) is 0 Å². The maximum absolute atomic E-state index is 5.86. The van der Waals surface area contributed by atoms with Crippen LogP contribution in [0.1, 0.15) is 46.0 Å². The van der Waals surface area contributed by atoms with Crippen LogP contribution in [0.4, 0.5) is 5.69 Å². The Morgan fingerprint density at radius 3 is 2.73 bits per heavy atom. The van der Waals surface area contributed by atoms with E-state index in [1.54, 1.807) is 0 Å². The van der Waals surface area contributed by atoms with Gasteiger partial charge in [-0.1, -0.05) is 33.1 Å². The van der Waals surface area contributed by atoms with E-state index in [4.69, 9.17) is 20.2 Å². The number of rotatable bonds is 6. The van der Waals surface area contributed by atoms with E-state index < -0.39 is 0 Å². The van der Waals surface area contributed by atoms with Crippen LogP contribution in [-0.2, 0) is 0 Å². The summed E-state index contributed by atoms with van der Waals surface area (Å²) < 4.78 is 10.9. The number of fused-ring (bicyclic) bond motifs is 1. The van der Waals surface area contributed by atoms with Gasteiger partial charge in [-0.25, -0.2) is 0 Å². The van der Waals surface area contributed by atoms with Crippen molar-refractivity contribution in [2.75, 3.05) is 31.7 Å². The fourth-order valence-corrected chi connectivity index (χ4v) is 3.24. The normalized spacial score (nSPS) is 18.0. The molecule has 1 aromatic carbocycles. The van der Waals surface area contributed by atoms with Crippen molar-refractivity contribution in [3.63, 3.8) is 0 Å². The van der Waals surface area contributed by atoms with Gasteiger partial charge >= 0.3 is 0 Å². The van der Waals surface area contributed by atoms with Crippen molar-refractivity contribution < 1.29 is 9.47 Å². The Morgan fingerprint density at radius 2 is 1.96 bits per heavy atom. The first-order chi connectivity index (χ1) is 12.6. The summed E-state index contributed by atoms with van der Waals surface area (Å²) in [6, 6.07) is 5.86. The Kier molecular flexibility index (Phi) is 6.25. The number of ether oxygens (including phenoxy) is 2. The van der Waals surface area contributed by atoms with Crippen LogP contribution in [0.5, 0.6) is 11.5 Å². The zero-order valence-electron chi connectivity index (χ0n) is 16.0. The Hall–Kier alpha value is -1.95. The maximum atomic E-state index is 5.86. The summed E-state index contributed by atoms with van der Waals surface area (Å²) in [4.78, 5) is 4.78. The molecule has 0 atom stereocenters. The van der Waals surface area contributed by atoms with E-state index in [2.05, 4.69) is 24.5 Å². The van der Waals surface area contributed by atoms with Gasteiger partial charge in [-0.05, 0) is 42.9 Å². The van der Waals surface area contributed by atoms with Gasteiger partial charge in [0, 0.05) is 24.8 Å². The minimum absolute atomic E-state index is 0.0195. The highest BCUT2D eigenvalue weighted by Crippen LogP contribution is 2.34. The third kappa shape index (κ3) is 5.27. The lowest BCUT2D eigenvalue weighted by Gasteiger charge is -2.24. The molecule has 1 saturated carbocycles. The van der Waals surface area contributed by atoms with E-state index in [1.165, 1.54) is 32.1 Å². The van der Waals surface area contributed by atoms with Gasteiger partial charge in [-0.2, -0.15) is 0 Å². The molecule has 26 heavy (non-hydrogen) atoms. The van der Waals surface area contributed by atoms with E-state index in [-0.39, 0.29) is 12.2 Å². The average Bonchev–Trinajstić information content (AvgIpc) is 3.12. The minimum Gasteiger partial charge on any atom is -0.454 e. The molecule has 1 heterocycles. The van der Waals surface area contributed by atoms with Crippen molar-refractivity contribution in [2.24, 2.45) is 22.1 Å². The van der Waals surface area contributed by atoms with Gasteiger partial charge in [-0.3, -0.25) is 4.99 Å². The number of hydrogen-bond acceptors (Lipinski definition) is 4. The van der Waals surface area contributed by atoms with Crippen molar-refractivity contribution in [3.05, 3.63) is 18.2 Å². The predicted molar refractivity (Wildman–Crippen MR) is 106 cm³/mol.